The summed E-state index contributed by atoms with van der Waals surface area (Å²) in [6, 6.07) is 13.4. The van der Waals surface area contributed by atoms with Crippen LogP contribution >= 0.6 is 0 Å². The van der Waals surface area contributed by atoms with Crippen molar-refractivity contribution in [3.63, 3.8) is 0 Å². The van der Waals surface area contributed by atoms with E-state index in [-0.39, 0.29) is 5.92 Å². The van der Waals surface area contributed by atoms with E-state index in [4.69, 9.17) is 0 Å². The summed E-state index contributed by atoms with van der Waals surface area (Å²) >= 11 is 0. The highest BCUT2D eigenvalue weighted by Gasteiger charge is 2.22. The number of benzene rings is 1. The molecule has 1 N–H and O–H groups in total. The number of rotatable bonds is 6. The monoisotopic (exact) mass is 285 g/mol. The fourth-order valence-electron chi connectivity index (χ4n) is 3.12. The second-order valence-corrected chi connectivity index (χ2v) is 6.04. The van der Waals surface area contributed by atoms with Crippen molar-refractivity contribution in [1.29, 1.82) is 5.26 Å². The van der Waals surface area contributed by atoms with Crippen LogP contribution in [0.15, 0.2) is 30.3 Å². The Labute approximate surface area is 129 Å². The molecule has 0 saturated heterocycles. The van der Waals surface area contributed by atoms with Crippen LogP contribution in [0.4, 0.5) is 5.69 Å². The molecule has 3 heteroatoms. The molecule has 0 radical (unpaired) electrons. The first-order chi connectivity index (χ1) is 10.3. The van der Waals surface area contributed by atoms with Gasteiger partial charge < -0.3 is 10.2 Å². The van der Waals surface area contributed by atoms with E-state index in [1.54, 1.807) is 0 Å². The summed E-state index contributed by atoms with van der Waals surface area (Å²) in [6.07, 6.45) is 7.10. The third-order valence-electron chi connectivity index (χ3n) is 4.46. The molecule has 3 nitrogen and oxygen atoms in total. The molecular formula is C18H27N3. The molecule has 0 aromatic heterocycles. The Kier molecular flexibility index (Phi) is 6.56. The summed E-state index contributed by atoms with van der Waals surface area (Å²) in [7, 11) is 2.14. The Morgan fingerprint density at radius 2 is 1.95 bits per heavy atom. The molecule has 0 heterocycles. The van der Waals surface area contributed by atoms with Crippen molar-refractivity contribution >= 4 is 5.69 Å². The van der Waals surface area contributed by atoms with Crippen LogP contribution in [-0.4, -0.2) is 26.2 Å². The van der Waals surface area contributed by atoms with Gasteiger partial charge in [0, 0.05) is 25.3 Å². The van der Waals surface area contributed by atoms with Crippen LogP contribution in [0.5, 0.6) is 0 Å². The van der Waals surface area contributed by atoms with E-state index in [2.05, 4.69) is 47.6 Å². The van der Waals surface area contributed by atoms with Gasteiger partial charge in [-0.3, -0.25) is 0 Å². The first-order valence-corrected chi connectivity index (χ1v) is 8.20. The van der Waals surface area contributed by atoms with Crippen LogP contribution < -0.4 is 10.2 Å². The maximum atomic E-state index is 9.28. The van der Waals surface area contributed by atoms with Gasteiger partial charge in [-0.05, 0) is 37.9 Å². The second kappa shape index (κ2) is 8.69. The molecule has 2 atom stereocenters. The molecular weight excluding hydrogens is 258 g/mol. The summed E-state index contributed by atoms with van der Waals surface area (Å²) in [5, 5.41) is 12.9. The number of nitrogens with one attached hydrogen (secondary N) is 1. The van der Waals surface area contributed by atoms with Gasteiger partial charge in [-0.15, -0.1) is 0 Å². The lowest BCUT2D eigenvalue weighted by atomic mass is 9.96. The minimum absolute atomic E-state index is 0.208. The van der Waals surface area contributed by atoms with Gasteiger partial charge in [-0.1, -0.05) is 37.5 Å². The molecule has 0 bridgehead atoms. The highest BCUT2D eigenvalue weighted by Crippen LogP contribution is 2.22. The molecule has 1 aromatic carbocycles. The average molecular weight is 285 g/mol. The van der Waals surface area contributed by atoms with Crippen LogP contribution in [0.2, 0.25) is 0 Å². The second-order valence-electron chi connectivity index (χ2n) is 6.04. The highest BCUT2D eigenvalue weighted by atomic mass is 15.1. The zero-order chi connectivity index (χ0) is 14.9. The zero-order valence-electron chi connectivity index (χ0n) is 13.1. The van der Waals surface area contributed by atoms with Crippen molar-refractivity contribution in [3.05, 3.63) is 30.3 Å². The molecule has 0 amide bonds. The average Bonchev–Trinajstić information content (AvgIpc) is 2.77. The van der Waals surface area contributed by atoms with Crippen LogP contribution in [0, 0.1) is 17.2 Å². The summed E-state index contributed by atoms with van der Waals surface area (Å²) in [5.41, 5.74) is 1.27. The smallest absolute Gasteiger partial charge is 0.0672 e. The van der Waals surface area contributed by atoms with Gasteiger partial charge in [0.25, 0.3) is 0 Å². The van der Waals surface area contributed by atoms with Crippen molar-refractivity contribution in [3.8, 4) is 6.07 Å². The summed E-state index contributed by atoms with van der Waals surface area (Å²) in [6.45, 7) is 2.04. The minimum Gasteiger partial charge on any atom is -0.375 e. The summed E-state index contributed by atoms with van der Waals surface area (Å²) in [4.78, 5) is 2.29. The molecule has 2 unspecified atom stereocenters. The molecule has 2 rings (SSSR count). The molecule has 114 valence electrons. The summed E-state index contributed by atoms with van der Waals surface area (Å²) in [5.74, 6) is 0.208. The van der Waals surface area contributed by atoms with Gasteiger partial charge in [0.15, 0.2) is 0 Å². The lowest BCUT2D eigenvalue weighted by molar-refractivity contribution is 0.393. The standard InChI is InChI=1S/C18H27N3/c1-21(17-10-5-3-6-11-17)14-8-13-20-18-12-7-2-4-9-16(18)15-19/h3,5-6,10-11,16,18,20H,2,4,7-9,12-14H2,1H3. The van der Waals surface area contributed by atoms with Crippen molar-refractivity contribution in [2.45, 2.75) is 44.6 Å². The van der Waals surface area contributed by atoms with E-state index in [0.29, 0.717) is 6.04 Å². The number of para-hydroxylation sites is 1. The van der Waals surface area contributed by atoms with Gasteiger partial charge in [0.05, 0.1) is 12.0 Å². The van der Waals surface area contributed by atoms with Crippen LogP contribution in [0.25, 0.3) is 0 Å². The maximum absolute atomic E-state index is 9.28. The molecule has 0 spiro atoms. The zero-order valence-corrected chi connectivity index (χ0v) is 13.1. The lowest BCUT2D eigenvalue weighted by Crippen LogP contribution is -2.36. The Morgan fingerprint density at radius 1 is 1.19 bits per heavy atom. The minimum atomic E-state index is 0.208. The Hall–Kier alpha value is -1.53. The van der Waals surface area contributed by atoms with Crippen LogP contribution in [0.1, 0.15) is 38.5 Å². The van der Waals surface area contributed by atoms with E-state index in [9.17, 15) is 5.26 Å². The van der Waals surface area contributed by atoms with E-state index in [1.165, 1.54) is 24.9 Å². The van der Waals surface area contributed by atoms with E-state index in [0.717, 1.165) is 32.4 Å². The first kappa shape index (κ1) is 15.9. The SMILES string of the molecule is CN(CCCNC1CCCCCC1C#N)c1ccccc1. The van der Waals surface area contributed by atoms with E-state index in [1.807, 2.05) is 6.07 Å². The van der Waals surface area contributed by atoms with Crippen molar-refractivity contribution in [1.82, 2.24) is 5.32 Å². The predicted octanol–water partition coefficient (Wildman–Crippen LogP) is 3.57. The van der Waals surface area contributed by atoms with Crippen molar-refractivity contribution < 1.29 is 0 Å². The molecule has 21 heavy (non-hydrogen) atoms. The van der Waals surface area contributed by atoms with Crippen molar-refractivity contribution in [2.75, 3.05) is 25.0 Å². The third kappa shape index (κ3) is 5.06. The van der Waals surface area contributed by atoms with Crippen molar-refractivity contribution in [2.24, 2.45) is 5.92 Å². The quantitative estimate of drug-likeness (QED) is 0.641. The number of nitriles is 1. The van der Waals surface area contributed by atoms with Gasteiger partial charge in [0.2, 0.25) is 0 Å². The Morgan fingerprint density at radius 3 is 2.71 bits per heavy atom. The van der Waals surface area contributed by atoms with Gasteiger partial charge in [0.1, 0.15) is 0 Å². The topological polar surface area (TPSA) is 39.1 Å². The van der Waals surface area contributed by atoms with Gasteiger partial charge in [-0.25, -0.2) is 0 Å². The number of anilines is 1. The molecule has 1 fully saturated rings. The first-order valence-electron chi connectivity index (χ1n) is 8.20. The third-order valence-corrected chi connectivity index (χ3v) is 4.46. The van der Waals surface area contributed by atoms with Gasteiger partial charge >= 0.3 is 0 Å². The Balaban J connectivity index is 1.70. The molecule has 1 saturated carbocycles. The fraction of sp³-hybridized carbons (Fsp3) is 0.611. The molecule has 0 aliphatic heterocycles. The van der Waals surface area contributed by atoms with E-state index < -0.39 is 0 Å². The number of nitrogens with zero attached hydrogens (tertiary/aromatic N) is 2. The lowest BCUT2D eigenvalue weighted by Gasteiger charge is -2.23. The largest absolute Gasteiger partial charge is 0.375 e. The normalized spacial score (nSPS) is 22.3. The van der Waals surface area contributed by atoms with Gasteiger partial charge in [-0.2, -0.15) is 5.26 Å². The highest BCUT2D eigenvalue weighted by molar-refractivity contribution is 5.44. The van der Waals surface area contributed by atoms with Crippen LogP contribution in [-0.2, 0) is 0 Å². The predicted molar refractivity (Wildman–Crippen MR) is 88.3 cm³/mol. The number of hydrogen-bond acceptors (Lipinski definition) is 3. The Bertz CT molecular complexity index is 438. The molecule has 1 aromatic rings. The summed E-state index contributed by atoms with van der Waals surface area (Å²) < 4.78 is 0. The van der Waals surface area contributed by atoms with E-state index >= 15 is 0 Å². The maximum Gasteiger partial charge on any atom is 0.0672 e. The number of hydrogen-bond donors (Lipinski definition) is 1. The fourth-order valence-corrected chi connectivity index (χ4v) is 3.12. The van der Waals surface area contributed by atoms with Crippen LogP contribution in [0.3, 0.4) is 0 Å². The molecule has 1 aliphatic rings. The molecule has 1 aliphatic carbocycles.